The summed E-state index contributed by atoms with van der Waals surface area (Å²) in [5, 5.41) is 11.7. The molecule has 178 valence electrons. The van der Waals surface area contributed by atoms with Gasteiger partial charge in [0.15, 0.2) is 5.82 Å². The summed E-state index contributed by atoms with van der Waals surface area (Å²) in [7, 11) is 0. The molecule has 1 fully saturated rings. The number of hydrogen-bond acceptors (Lipinski definition) is 6. The number of benzene rings is 2. The molecule has 3 heterocycles. The Morgan fingerprint density at radius 3 is 2.68 bits per heavy atom. The Balaban J connectivity index is 1.11. The molecule has 3 aromatic rings. The van der Waals surface area contributed by atoms with Gasteiger partial charge in [-0.1, -0.05) is 42.5 Å². The smallest absolute Gasteiger partial charge is 0.225 e. The largest absolute Gasteiger partial charge is 0.489 e. The second-order valence-corrected chi connectivity index (χ2v) is 8.91. The maximum absolute atomic E-state index is 12.3. The van der Waals surface area contributed by atoms with Crippen LogP contribution in [-0.2, 0) is 42.2 Å². The summed E-state index contributed by atoms with van der Waals surface area (Å²) in [5.41, 5.74) is 2.42. The van der Waals surface area contributed by atoms with E-state index in [1.807, 2.05) is 30.3 Å². The molecular weight excluding hydrogens is 430 g/mol. The van der Waals surface area contributed by atoms with Crippen LogP contribution in [0.1, 0.15) is 29.2 Å². The molecule has 0 spiro atoms. The fourth-order valence-electron chi connectivity index (χ4n) is 4.46. The minimum Gasteiger partial charge on any atom is -0.489 e. The fraction of sp³-hybridized carbons (Fsp3) is 0.423. The number of amides is 1. The number of carbonyl (C=O) groups excluding carboxylic acids is 1. The van der Waals surface area contributed by atoms with Gasteiger partial charge in [0.1, 0.15) is 18.2 Å². The minimum atomic E-state index is -0.0443. The van der Waals surface area contributed by atoms with E-state index in [9.17, 15) is 4.79 Å². The predicted molar refractivity (Wildman–Crippen MR) is 127 cm³/mol. The molecule has 0 aliphatic carbocycles. The first-order chi connectivity index (χ1) is 16.7. The zero-order valence-electron chi connectivity index (χ0n) is 19.4. The number of carbonyl (C=O) groups is 1. The van der Waals surface area contributed by atoms with Crippen molar-refractivity contribution in [3.05, 3.63) is 77.4 Å². The molecule has 2 aromatic carbocycles. The van der Waals surface area contributed by atoms with E-state index in [2.05, 4.69) is 49.2 Å². The van der Waals surface area contributed by atoms with E-state index in [4.69, 9.17) is 9.47 Å². The number of aromatic nitrogens is 3. The first kappa shape index (κ1) is 22.6. The molecule has 0 saturated carbocycles. The summed E-state index contributed by atoms with van der Waals surface area (Å²) in [5.74, 6) is 2.69. The molecule has 34 heavy (non-hydrogen) atoms. The molecule has 1 aromatic heterocycles. The Kier molecular flexibility index (Phi) is 7.16. The first-order valence-corrected chi connectivity index (χ1v) is 12.0. The van der Waals surface area contributed by atoms with Crippen molar-refractivity contribution in [2.24, 2.45) is 5.92 Å². The molecule has 0 bridgehead atoms. The van der Waals surface area contributed by atoms with E-state index >= 15 is 0 Å². The van der Waals surface area contributed by atoms with Crippen LogP contribution < -0.4 is 10.1 Å². The van der Waals surface area contributed by atoms with Crippen molar-refractivity contribution >= 4 is 5.91 Å². The number of hydrogen-bond donors (Lipinski definition) is 1. The van der Waals surface area contributed by atoms with E-state index in [-0.39, 0.29) is 11.8 Å². The van der Waals surface area contributed by atoms with Gasteiger partial charge < -0.3 is 19.4 Å². The van der Waals surface area contributed by atoms with Gasteiger partial charge in [0, 0.05) is 39.2 Å². The van der Waals surface area contributed by atoms with Crippen LogP contribution in [0.2, 0.25) is 0 Å². The number of nitrogens with zero attached hydrogens (tertiary/aromatic N) is 4. The van der Waals surface area contributed by atoms with E-state index in [0.29, 0.717) is 26.4 Å². The lowest BCUT2D eigenvalue weighted by Gasteiger charge is -2.20. The Hall–Kier alpha value is -3.23. The minimum absolute atomic E-state index is 0.0429. The third kappa shape index (κ3) is 5.63. The van der Waals surface area contributed by atoms with Crippen LogP contribution in [0.4, 0.5) is 0 Å². The third-order valence-electron chi connectivity index (χ3n) is 6.49. The third-order valence-corrected chi connectivity index (χ3v) is 6.49. The second-order valence-electron chi connectivity index (χ2n) is 8.91. The lowest BCUT2D eigenvalue weighted by Crippen LogP contribution is -2.32. The second kappa shape index (κ2) is 10.8. The Bertz CT molecular complexity index is 1080. The highest BCUT2D eigenvalue weighted by Crippen LogP contribution is 2.18. The average Bonchev–Trinajstić information content (AvgIpc) is 3.51. The number of ether oxygens (including phenoxy) is 2. The summed E-state index contributed by atoms with van der Waals surface area (Å²) in [4.78, 5) is 14.7. The summed E-state index contributed by atoms with van der Waals surface area (Å²) < 4.78 is 13.4. The van der Waals surface area contributed by atoms with Gasteiger partial charge in [-0.15, -0.1) is 10.2 Å². The van der Waals surface area contributed by atoms with Crippen molar-refractivity contribution in [2.45, 2.75) is 39.1 Å². The zero-order chi connectivity index (χ0) is 23.2. The van der Waals surface area contributed by atoms with Crippen LogP contribution in [0.5, 0.6) is 5.75 Å². The van der Waals surface area contributed by atoms with Crippen LogP contribution >= 0.6 is 0 Å². The van der Waals surface area contributed by atoms with Crippen molar-refractivity contribution in [1.29, 1.82) is 0 Å². The summed E-state index contributed by atoms with van der Waals surface area (Å²) in [6, 6.07) is 18.6. The average molecular weight is 462 g/mol. The van der Waals surface area contributed by atoms with E-state index in [1.54, 1.807) is 0 Å². The number of nitrogens with one attached hydrogen (secondary N) is 1. The van der Waals surface area contributed by atoms with Crippen molar-refractivity contribution in [2.75, 3.05) is 26.3 Å². The maximum Gasteiger partial charge on any atom is 0.225 e. The van der Waals surface area contributed by atoms with Crippen molar-refractivity contribution in [3.8, 4) is 5.75 Å². The molecule has 0 unspecified atom stereocenters. The maximum atomic E-state index is 12.3. The van der Waals surface area contributed by atoms with Crippen LogP contribution in [0.25, 0.3) is 0 Å². The van der Waals surface area contributed by atoms with Crippen molar-refractivity contribution in [3.63, 3.8) is 0 Å². The lowest BCUT2D eigenvalue weighted by atomic mass is 10.1. The van der Waals surface area contributed by atoms with Gasteiger partial charge in [0.25, 0.3) is 0 Å². The van der Waals surface area contributed by atoms with Crippen molar-refractivity contribution in [1.82, 2.24) is 25.0 Å². The van der Waals surface area contributed by atoms with Gasteiger partial charge >= 0.3 is 0 Å². The first-order valence-electron chi connectivity index (χ1n) is 12.0. The fourth-order valence-corrected chi connectivity index (χ4v) is 4.46. The van der Waals surface area contributed by atoms with E-state index in [0.717, 1.165) is 62.0 Å². The monoisotopic (exact) mass is 461 g/mol. The molecule has 0 radical (unpaired) electrons. The highest BCUT2D eigenvalue weighted by atomic mass is 16.5. The van der Waals surface area contributed by atoms with Crippen LogP contribution in [0.15, 0.2) is 54.6 Å². The van der Waals surface area contributed by atoms with Gasteiger partial charge in [-0.05, 0) is 29.7 Å². The molecule has 2 aliphatic rings. The highest BCUT2D eigenvalue weighted by molar-refractivity contribution is 5.78. The van der Waals surface area contributed by atoms with Gasteiger partial charge in [0.2, 0.25) is 5.91 Å². The standard InChI is InChI=1S/C26H31N5O3/c32-26(22-11-15-33-19-22)27-16-25-29-28-24-10-12-30(13-14-31(24)25)17-20-6-8-23(9-7-20)34-18-21-4-2-1-3-5-21/h1-9,22H,10-19H2,(H,27,32)/t22-/m1/s1. The molecule has 1 atom stereocenters. The molecular formula is C26H31N5O3. The summed E-state index contributed by atoms with van der Waals surface area (Å²) in [6.07, 6.45) is 1.63. The Morgan fingerprint density at radius 1 is 1.03 bits per heavy atom. The molecule has 1 N–H and O–H groups in total. The Morgan fingerprint density at radius 2 is 1.88 bits per heavy atom. The SMILES string of the molecule is O=C(NCc1nnc2n1CCN(Cc1ccc(OCc3ccccc3)cc1)CC2)[C@@H]1CCOC1. The van der Waals surface area contributed by atoms with Gasteiger partial charge in [0.05, 0.1) is 19.1 Å². The number of rotatable bonds is 8. The molecule has 1 amide bonds. The molecule has 8 heteroatoms. The lowest BCUT2D eigenvalue weighted by molar-refractivity contribution is -0.125. The van der Waals surface area contributed by atoms with Crippen molar-refractivity contribution < 1.29 is 14.3 Å². The summed E-state index contributed by atoms with van der Waals surface area (Å²) in [6.45, 7) is 5.70. The molecule has 1 saturated heterocycles. The zero-order valence-corrected chi connectivity index (χ0v) is 19.4. The quantitative estimate of drug-likeness (QED) is 0.555. The van der Waals surface area contributed by atoms with Crippen LogP contribution in [0, 0.1) is 5.92 Å². The number of fused-ring (bicyclic) bond motifs is 1. The van der Waals surface area contributed by atoms with E-state index < -0.39 is 0 Å². The highest BCUT2D eigenvalue weighted by Gasteiger charge is 2.24. The predicted octanol–water partition coefficient (Wildman–Crippen LogP) is 2.57. The molecule has 8 nitrogen and oxygen atoms in total. The Labute approximate surface area is 199 Å². The normalized spacial score (nSPS) is 18.3. The van der Waals surface area contributed by atoms with E-state index in [1.165, 1.54) is 5.56 Å². The van der Waals surface area contributed by atoms with Gasteiger partial charge in [-0.25, -0.2) is 0 Å². The molecule has 5 rings (SSSR count). The topological polar surface area (TPSA) is 81.5 Å². The molecule has 2 aliphatic heterocycles. The van der Waals surface area contributed by atoms with Gasteiger partial charge in [-0.3, -0.25) is 9.69 Å². The van der Waals surface area contributed by atoms with Crippen LogP contribution in [-0.4, -0.2) is 51.9 Å². The summed E-state index contributed by atoms with van der Waals surface area (Å²) >= 11 is 0. The van der Waals surface area contributed by atoms with Gasteiger partial charge in [-0.2, -0.15) is 0 Å². The van der Waals surface area contributed by atoms with Crippen LogP contribution in [0.3, 0.4) is 0 Å².